The molecule has 4 aromatic rings. The maximum atomic E-state index is 13.9. The Labute approximate surface area is 243 Å². The highest BCUT2D eigenvalue weighted by molar-refractivity contribution is 5.98. The molecule has 1 aromatic heterocycles. The number of carbonyl (C=O) groups is 1. The number of ether oxygens (including phenoxy) is 1. The summed E-state index contributed by atoms with van der Waals surface area (Å²) in [6.07, 6.45) is 8.01. The van der Waals surface area contributed by atoms with Crippen LogP contribution >= 0.6 is 0 Å². The van der Waals surface area contributed by atoms with Gasteiger partial charge < -0.3 is 9.15 Å². The Kier molecular flexibility index (Phi) is 9.68. The molecule has 3 aromatic carbocycles. The number of Topliss-reactive ketones (excluding diaryl/α,β-unsaturated/α-hetero) is 1. The molecular weight excluding hydrogens is 513 g/mol. The quantitative estimate of drug-likeness (QED) is 0.240. The van der Waals surface area contributed by atoms with Crippen LogP contribution in [-0.2, 0) is 19.4 Å². The summed E-state index contributed by atoms with van der Waals surface area (Å²) >= 11 is 0. The smallest absolute Gasteiger partial charge is 0.163 e. The van der Waals surface area contributed by atoms with Crippen molar-refractivity contribution in [3.8, 4) is 17.1 Å². The summed E-state index contributed by atoms with van der Waals surface area (Å²) in [5, 5.41) is 0. The lowest BCUT2D eigenvalue weighted by Crippen LogP contribution is -2.28. The van der Waals surface area contributed by atoms with Crippen molar-refractivity contribution in [3.63, 3.8) is 0 Å². The fourth-order valence-corrected chi connectivity index (χ4v) is 5.94. The highest BCUT2D eigenvalue weighted by atomic mass is 19.1. The van der Waals surface area contributed by atoms with E-state index < -0.39 is 0 Å². The lowest BCUT2D eigenvalue weighted by molar-refractivity contribution is 0.0953. The number of methoxy groups -OCH3 is 1. The van der Waals surface area contributed by atoms with Crippen LogP contribution in [0.1, 0.15) is 64.7 Å². The first-order valence-corrected chi connectivity index (χ1v) is 14.8. The Hall–Kier alpha value is -3.70. The van der Waals surface area contributed by atoms with Gasteiger partial charge in [-0.05, 0) is 117 Å². The lowest BCUT2D eigenvalue weighted by Gasteiger charge is -2.25. The standard InChI is InChI=1S/C36H40FNO3/c1-26-21-29(11-16-34(26)37)25-38-18-5-3-4-7-30-24-31(36-8-6-20-41-36)12-15-33(30)35(39)23-28(17-19-38)22-27-9-13-32(40-2)14-10-27/h6,8-16,20-21,24,28H,3-5,7,17-19,22-23,25H2,1-2H3. The molecule has 4 nitrogen and oxygen atoms in total. The molecule has 0 fully saturated rings. The van der Waals surface area contributed by atoms with Crippen LogP contribution in [0.5, 0.6) is 5.75 Å². The van der Waals surface area contributed by atoms with E-state index in [1.165, 1.54) is 5.56 Å². The number of fused-ring (bicyclic) bond motifs is 1. The van der Waals surface area contributed by atoms with Gasteiger partial charge in [-0.1, -0.05) is 42.8 Å². The van der Waals surface area contributed by atoms with Gasteiger partial charge in [0.25, 0.3) is 0 Å². The van der Waals surface area contributed by atoms with Gasteiger partial charge in [0, 0.05) is 24.1 Å². The highest BCUT2D eigenvalue weighted by Crippen LogP contribution is 2.28. The van der Waals surface area contributed by atoms with E-state index in [0.717, 1.165) is 91.9 Å². The molecule has 5 heteroatoms. The van der Waals surface area contributed by atoms with E-state index in [2.05, 4.69) is 23.1 Å². The number of carbonyl (C=O) groups excluding carboxylic acids is 1. The molecule has 0 amide bonds. The summed E-state index contributed by atoms with van der Waals surface area (Å²) in [5.41, 5.74) is 6.00. The predicted octanol–water partition coefficient (Wildman–Crippen LogP) is 8.45. The van der Waals surface area contributed by atoms with Gasteiger partial charge in [0.05, 0.1) is 13.4 Å². The molecule has 1 aliphatic heterocycles. The summed E-state index contributed by atoms with van der Waals surface area (Å²) < 4.78 is 24.9. The van der Waals surface area contributed by atoms with E-state index in [-0.39, 0.29) is 17.5 Å². The Morgan fingerprint density at radius 3 is 2.54 bits per heavy atom. The number of ketones is 1. The van der Waals surface area contributed by atoms with Gasteiger partial charge in [0.1, 0.15) is 17.3 Å². The second-order valence-corrected chi connectivity index (χ2v) is 11.4. The second kappa shape index (κ2) is 13.8. The molecule has 0 bridgehead atoms. The Morgan fingerprint density at radius 2 is 1.78 bits per heavy atom. The number of halogens is 1. The first-order valence-electron chi connectivity index (χ1n) is 14.8. The average molecular weight is 554 g/mol. The van der Waals surface area contributed by atoms with Crippen LogP contribution in [0.15, 0.2) is 83.5 Å². The van der Waals surface area contributed by atoms with Crippen molar-refractivity contribution in [2.75, 3.05) is 20.2 Å². The van der Waals surface area contributed by atoms with Crippen molar-refractivity contribution in [2.24, 2.45) is 5.92 Å². The number of aryl methyl sites for hydroxylation is 2. The van der Waals surface area contributed by atoms with Crippen LogP contribution in [0.2, 0.25) is 0 Å². The predicted molar refractivity (Wildman–Crippen MR) is 162 cm³/mol. The summed E-state index contributed by atoms with van der Waals surface area (Å²) in [6, 6.07) is 23.6. The topological polar surface area (TPSA) is 42.7 Å². The van der Waals surface area contributed by atoms with Crippen LogP contribution in [0, 0.1) is 18.7 Å². The van der Waals surface area contributed by atoms with Crippen molar-refractivity contribution in [1.82, 2.24) is 4.90 Å². The summed E-state index contributed by atoms with van der Waals surface area (Å²) in [5.74, 6) is 1.91. The molecule has 2 heterocycles. The fourth-order valence-electron chi connectivity index (χ4n) is 5.94. The average Bonchev–Trinajstić information content (AvgIpc) is 3.52. The summed E-state index contributed by atoms with van der Waals surface area (Å²) in [7, 11) is 1.68. The number of hydrogen-bond acceptors (Lipinski definition) is 4. The zero-order chi connectivity index (χ0) is 28.6. The lowest BCUT2D eigenvalue weighted by atomic mass is 9.87. The number of benzene rings is 3. The van der Waals surface area contributed by atoms with Crippen molar-refractivity contribution < 1.29 is 18.3 Å². The zero-order valence-corrected chi connectivity index (χ0v) is 24.2. The Morgan fingerprint density at radius 1 is 0.951 bits per heavy atom. The molecule has 0 saturated heterocycles. The van der Waals surface area contributed by atoms with Gasteiger partial charge in [-0.25, -0.2) is 4.39 Å². The van der Waals surface area contributed by atoms with Crippen molar-refractivity contribution in [3.05, 3.63) is 113 Å². The summed E-state index contributed by atoms with van der Waals surface area (Å²) in [4.78, 5) is 16.3. The molecule has 1 atom stereocenters. The van der Waals surface area contributed by atoms with Gasteiger partial charge in [0.2, 0.25) is 0 Å². The van der Waals surface area contributed by atoms with E-state index >= 15 is 0 Å². The molecule has 0 aliphatic carbocycles. The van der Waals surface area contributed by atoms with Gasteiger partial charge >= 0.3 is 0 Å². The van der Waals surface area contributed by atoms with Crippen LogP contribution in [0.3, 0.4) is 0 Å². The third kappa shape index (κ3) is 7.74. The fraction of sp³-hybridized carbons (Fsp3) is 0.361. The van der Waals surface area contributed by atoms with E-state index in [1.807, 2.05) is 55.5 Å². The minimum absolute atomic E-state index is 0.161. The van der Waals surface area contributed by atoms with E-state index in [0.29, 0.717) is 12.0 Å². The van der Waals surface area contributed by atoms with Crippen molar-refractivity contribution in [2.45, 2.75) is 58.4 Å². The number of furan rings is 1. The van der Waals surface area contributed by atoms with Gasteiger partial charge in [-0.15, -0.1) is 0 Å². The molecule has 1 unspecified atom stereocenters. The molecule has 0 N–H and O–H groups in total. The molecular formula is C36H40FNO3. The first kappa shape index (κ1) is 28.8. The van der Waals surface area contributed by atoms with Crippen molar-refractivity contribution in [1.29, 1.82) is 0 Å². The number of nitrogens with zero attached hydrogens (tertiary/aromatic N) is 1. The van der Waals surface area contributed by atoms with Crippen LogP contribution in [0.4, 0.5) is 4.39 Å². The number of hydrogen-bond donors (Lipinski definition) is 0. The van der Waals surface area contributed by atoms with E-state index in [1.54, 1.807) is 19.4 Å². The maximum absolute atomic E-state index is 13.9. The second-order valence-electron chi connectivity index (χ2n) is 11.4. The first-order chi connectivity index (χ1) is 20.0. The van der Waals surface area contributed by atoms with Gasteiger partial charge in [-0.3, -0.25) is 9.69 Å². The maximum Gasteiger partial charge on any atom is 0.163 e. The Bertz CT molecular complexity index is 1430. The molecule has 5 rings (SSSR count). The van der Waals surface area contributed by atoms with Crippen molar-refractivity contribution >= 4 is 5.78 Å². The van der Waals surface area contributed by atoms with Crippen LogP contribution in [-0.4, -0.2) is 30.9 Å². The number of rotatable bonds is 6. The van der Waals surface area contributed by atoms with Gasteiger partial charge in [0.15, 0.2) is 5.78 Å². The minimum atomic E-state index is -0.161. The summed E-state index contributed by atoms with van der Waals surface area (Å²) in [6.45, 7) is 4.49. The van der Waals surface area contributed by atoms with Gasteiger partial charge in [-0.2, -0.15) is 0 Å². The largest absolute Gasteiger partial charge is 0.497 e. The van der Waals surface area contributed by atoms with Crippen LogP contribution < -0.4 is 4.74 Å². The molecule has 0 spiro atoms. The van der Waals surface area contributed by atoms with E-state index in [9.17, 15) is 9.18 Å². The minimum Gasteiger partial charge on any atom is -0.497 e. The SMILES string of the molecule is COc1ccc(CC2CCN(Cc3ccc(F)c(C)c3)CCCCCc3cc(-c4ccco4)ccc3C(=O)C2)cc1. The van der Waals surface area contributed by atoms with Crippen LogP contribution in [0.25, 0.3) is 11.3 Å². The molecule has 0 saturated carbocycles. The Balaban J connectivity index is 1.39. The molecule has 214 valence electrons. The monoisotopic (exact) mass is 553 g/mol. The van der Waals surface area contributed by atoms with E-state index in [4.69, 9.17) is 9.15 Å². The molecule has 1 aliphatic rings. The third-order valence-corrected chi connectivity index (χ3v) is 8.27. The zero-order valence-electron chi connectivity index (χ0n) is 24.2. The highest BCUT2D eigenvalue weighted by Gasteiger charge is 2.21. The molecule has 0 radical (unpaired) electrons. The third-order valence-electron chi connectivity index (χ3n) is 8.27. The molecule has 41 heavy (non-hydrogen) atoms. The normalized spacial score (nSPS) is 17.2.